The average molecular weight is 368 g/mol. The Morgan fingerprint density at radius 2 is 1.88 bits per heavy atom. The molecule has 0 aliphatic rings. The highest BCUT2D eigenvalue weighted by Crippen LogP contribution is 2.23. The molecule has 0 aliphatic carbocycles. The van der Waals surface area contributed by atoms with Crippen molar-refractivity contribution in [3.63, 3.8) is 0 Å². The molecular weight excluding hydrogens is 350 g/mol. The van der Waals surface area contributed by atoms with Crippen LogP contribution in [0.4, 0.5) is 0 Å². The number of nitrogens with one attached hydrogen (secondary N) is 1. The Hall–Kier alpha value is -1.89. The van der Waals surface area contributed by atoms with Crippen molar-refractivity contribution in [2.45, 2.75) is 24.8 Å². The Balaban J connectivity index is 2.21. The summed E-state index contributed by atoms with van der Waals surface area (Å²) < 4.78 is 32.4. The first-order chi connectivity index (χ1) is 11.4. The number of rotatable bonds is 7. The van der Waals surface area contributed by atoms with Crippen LogP contribution in [-0.2, 0) is 21.3 Å². The predicted molar refractivity (Wildman–Crippen MR) is 92.5 cm³/mol. The number of halogens is 1. The number of esters is 1. The fraction of sp³-hybridized carbons (Fsp3) is 0.235. The molecule has 0 spiro atoms. The van der Waals surface area contributed by atoms with Gasteiger partial charge in [-0.1, -0.05) is 48.9 Å². The molecule has 0 unspecified atom stereocenters. The summed E-state index contributed by atoms with van der Waals surface area (Å²) in [6.07, 6.45) is 0.684. The molecule has 1 N–H and O–H groups in total. The van der Waals surface area contributed by atoms with Gasteiger partial charge in [-0.05, 0) is 30.2 Å². The second-order valence-electron chi connectivity index (χ2n) is 5.09. The van der Waals surface area contributed by atoms with Crippen LogP contribution >= 0.6 is 11.6 Å². The number of carbonyl (C=O) groups is 1. The van der Waals surface area contributed by atoms with Crippen LogP contribution in [0.25, 0.3) is 0 Å². The van der Waals surface area contributed by atoms with E-state index in [4.69, 9.17) is 16.3 Å². The number of carbonyl (C=O) groups excluding carboxylic acids is 1. The quantitative estimate of drug-likeness (QED) is 0.761. The highest BCUT2D eigenvalue weighted by Gasteiger charge is 2.20. The second kappa shape index (κ2) is 8.28. The molecule has 2 rings (SSSR count). The Bertz CT molecular complexity index is 807. The smallest absolute Gasteiger partial charge is 0.338 e. The van der Waals surface area contributed by atoms with E-state index in [1.807, 2.05) is 37.3 Å². The molecule has 0 amide bonds. The van der Waals surface area contributed by atoms with E-state index >= 15 is 0 Å². The van der Waals surface area contributed by atoms with Crippen molar-refractivity contribution in [2.75, 3.05) is 6.61 Å². The Morgan fingerprint density at radius 1 is 1.17 bits per heavy atom. The van der Waals surface area contributed by atoms with Gasteiger partial charge in [-0.3, -0.25) is 0 Å². The van der Waals surface area contributed by atoms with Crippen LogP contribution in [0, 0.1) is 0 Å². The molecule has 0 aromatic heterocycles. The first-order valence-corrected chi connectivity index (χ1v) is 9.30. The van der Waals surface area contributed by atoms with Crippen LogP contribution in [-0.4, -0.2) is 21.0 Å². The highest BCUT2D eigenvalue weighted by molar-refractivity contribution is 7.89. The van der Waals surface area contributed by atoms with E-state index in [-0.39, 0.29) is 28.6 Å². The summed E-state index contributed by atoms with van der Waals surface area (Å²) in [4.78, 5) is 11.7. The maximum absolute atomic E-state index is 12.5. The van der Waals surface area contributed by atoms with Crippen LogP contribution in [0.2, 0.25) is 5.02 Å². The third-order valence-corrected chi connectivity index (χ3v) is 5.09. The molecule has 128 valence electrons. The van der Waals surface area contributed by atoms with Crippen LogP contribution in [0.3, 0.4) is 0 Å². The van der Waals surface area contributed by atoms with Crippen molar-refractivity contribution in [1.82, 2.24) is 4.72 Å². The van der Waals surface area contributed by atoms with E-state index < -0.39 is 16.0 Å². The van der Waals surface area contributed by atoms with E-state index in [1.165, 1.54) is 18.2 Å². The molecule has 0 heterocycles. The third-order valence-electron chi connectivity index (χ3n) is 3.20. The number of hydrogen-bond donors (Lipinski definition) is 1. The largest absolute Gasteiger partial charge is 0.462 e. The monoisotopic (exact) mass is 367 g/mol. The van der Waals surface area contributed by atoms with Gasteiger partial charge in [0.25, 0.3) is 0 Å². The molecule has 5 nitrogen and oxygen atoms in total. The summed E-state index contributed by atoms with van der Waals surface area (Å²) >= 11 is 6.00. The van der Waals surface area contributed by atoms with Gasteiger partial charge in [0.2, 0.25) is 10.0 Å². The zero-order valence-electron chi connectivity index (χ0n) is 13.2. The predicted octanol–water partition coefficient (Wildman–Crippen LogP) is 3.39. The van der Waals surface area contributed by atoms with Crippen LogP contribution in [0.5, 0.6) is 0 Å². The first kappa shape index (κ1) is 18.4. The summed E-state index contributed by atoms with van der Waals surface area (Å²) in [5.41, 5.74) is 0.962. The summed E-state index contributed by atoms with van der Waals surface area (Å²) in [6, 6.07) is 13.2. The van der Waals surface area contributed by atoms with Crippen molar-refractivity contribution in [3.8, 4) is 0 Å². The lowest BCUT2D eigenvalue weighted by Gasteiger charge is -2.10. The van der Waals surface area contributed by atoms with Crippen LogP contribution < -0.4 is 4.72 Å². The van der Waals surface area contributed by atoms with E-state index in [1.54, 1.807) is 0 Å². The number of hydrogen-bond acceptors (Lipinski definition) is 4. The molecule has 0 fully saturated rings. The van der Waals surface area contributed by atoms with E-state index in [0.717, 1.165) is 5.56 Å². The standard InChI is InChI=1S/C17H18ClNO4S/c1-2-10-23-17(20)14-8-9-15(18)16(11-14)24(21,22)19-12-13-6-4-3-5-7-13/h3-9,11,19H,2,10,12H2,1H3. The minimum atomic E-state index is -3.86. The Morgan fingerprint density at radius 3 is 2.54 bits per heavy atom. The molecule has 24 heavy (non-hydrogen) atoms. The Labute approximate surface area is 146 Å². The Kier molecular flexibility index (Phi) is 6.36. The lowest BCUT2D eigenvalue weighted by atomic mass is 10.2. The van der Waals surface area contributed by atoms with Crippen molar-refractivity contribution in [2.24, 2.45) is 0 Å². The average Bonchev–Trinajstić information content (AvgIpc) is 2.59. The minimum absolute atomic E-state index is 0.0441. The SMILES string of the molecule is CCCOC(=O)c1ccc(Cl)c(S(=O)(=O)NCc2ccccc2)c1. The normalized spacial score (nSPS) is 11.2. The minimum Gasteiger partial charge on any atom is -0.462 e. The van der Waals surface area contributed by atoms with Crippen LogP contribution in [0.15, 0.2) is 53.4 Å². The second-order valence-corrected chi connectivity index (χ2v) is 7.23. The van der Waals surface area contributed by atoms with Crippen molar-refractivity contribution in [3.05, 3.63) is 64.7 Å². The highest BCUT2D eigenvalue weighted by atomic mass is 35.5. The van der Waals surface area contributed by atoms with Gasteiger partial charge >= 0.3 is 5.97 Å². The third kappa shape index (κ3) is 4.80. The van der Waals surface area contributed by atoms with Gasteiger partial charge in [0, 0.05) is 6.54 Å². The topological polar surface area (TPSA) is 72.5 Å². The van der Waals surface area contributed by atoms with E-state index in [0.29, 0.717) is 6.42 Å². The van der Waals surface area contributed by atoms with E-state index in [2.05, 4.69) is 4.72 Å². The zero-order valence-corrected chi connectivity index (χ0v) is 14.7. The molecule has 2 aromatic carbocycles. The van der Waals surface area contributed by atoms with Gasteiger partial charge in [-0.15, -0.1) is 0 Å². The lowest BCUT2D eigenvalue weighted by molar-refractivity contribution is 0.0505. The fourth-order valence-electron chi connectivity index (χ4n) is 1.97. The van der Waals surface area contributed by atoms with Gasteiger partial charge < -0.3 is 4.74 Å². The number of benzene rings is 2. The summed E-state index contributed by atoms with van der Waals surface area (Å²) in [7, 11) is -3.86. The van der Waals surface area contributed by atoms with Crippen molar-refractivity contribution < 1.29 is 17.9 Å². The molecule has 0 aliphatic heterocycles. The number of ether oxygens (including phenoxy) is 1. The maximum atomic E-state index is 12.5. The molecule has 0 bridgehead atoms. The molecule has 7 heteroatoms. The molecule has 0 radical (unpaired) electrons. The maximum Gasteiger partial charge on any atom is 0.338 e. The fourth-order valence-corrected chi connectivity index (χ4v) is 3.51. The molecule has 2 aromatic rings. The summed E-state index contributed by atoms with van der Waals surface area (Å²) in [5.74, 6) is -0.576. The molecule has 0 saturated heterocycles. The molecule has 0 atom stereocenters. The summed E-state index contributed by atoms with van der Waals surface area (Å²) in [5, 5.41) is 0.0441. The van der Waals surface area contributed by atoms with E-state index in [9.17, 15) is 13.2 Å². The van der Waals surface area contributed by atoms with Crippen molar-refractivity contribution >= 4 is 27.6 Å². The van der Waals surface area contributed by atoms with Crippen molar-refractivity contribution in [1.29, 1.82) is 0 Å². The summed E-state index contributed by atoms with van der Waals surface area (Å²) in [6.45, 7) is 2.28. The first-order valence-electron chi connectivity index (χ1n) is 7.44. The van der Waals surface area contributed by atoms with Gasteiger partial charge in [-0.25, -0.2) is 17.9 Å². The van der Waals surface area contributed by atoms with Gasteiger partial charge in [0.05, 0.1) is 17.2 Å². The van der Waals surface area contributed by atoms with Crippen LogP contribution in [0.1, 0.15) is 29.3 Å². The number of sulfonamides is 1. The zero-order chi connectivity index (χ0) is 17.6. The molecular formula is C17H18ClNO4S. The van der Waals surface area contributed by atoms with Gasteiger partial charge in [-0.2, -0.15) is 0 Å². The molecule has 0 saturated carbocycles. The van der Waals surface area contributed by atoms with Gasteiger partial charge in [0.1, 0.15) is 4.90 Å². The lowest BCUT2D eigenvalue weighted by Crippen LogP contribution is -2.24. The van der Waals surface area contributed by atoms with Gasteiger partial charge in [0.15, 0.2) is 0 Å².